The van der Waals surface area contributed by atoms with Crippen molar-refractivity contribution >= 4 is 46.8 Å². The van der Waals surface area contributed by atoms with Crippen molar-refractivity contribution in [1.29, 1.82) is 0 Å². The first-order chi connectivity index (χ1) is 14.1. The second-order valence-electron chi connectivity index (χ2n) is 5.67. The van der Waals surface area contributed by atoms with Gasteiger partial charge in [-0.3, -0.25) is 20.6 Å². The van der Waals surface area contributed by atoms with Gasteiger partial charge in [0, 0.05) is 23.2 Å². The minimum absolute atomic E-state index is 0.0509. The topological polar surface area (TPSA) is 153 Å². The van der Waals surface area contributed by atoms with E-state index in [1.807, 2.05) is 0 Å². The molecule has 14 heteroatoms. The molecule has 0 aliphatic carbocycles. The first kappa shape index (κ1) is 23.5. The monoisotopic (exact) mass is 463 g/mol. The molecule has 0 atom stereocenters. The highest BCUT2D eigenvalue weighted by atomic mass is 35.5. The van der Waals surface area contributed by atoms with E-state index >= 15 is 0 Å². The molecule has 0 radical (unpaired) electrons. The van der Waals surface area contributed by atoms with Crippen LogP contribution in [0.3, 0.4) is 0 Å². The van der Waals surface area contributed by atoms with E-state index in [2.05, 4.69) is 15.5 Å². The molecule has 0 heterocycles. The lowest BCUT2D eigenvalue weighted by atomic mass is 10.1. The Balaban J connectivity index is 2.06. The van der Waals surface area contributed by atoms with Crippen LogP contribution in [0.5, 0.6) is 0 Å². The lowest BCUT2D eigenvalue weighted by Gasteiger charge is -2.25. The van der Waals surface area contributed by atoms with Crippen LogP contribution in [0.1, 0.15) is 11.1 Å². The maximum atomic E-state index is 13.6. The number of guanidine groups is 1. The van der Waals surface area contributed by atoms with Crippen LogP contribution in [0, 0.1) is 16.8 Å². The average molecular weight is 464 g/mol. The highest BCUT2D eigenvalue weighted by Gasteiger charge is 2.13. The van der Waals surface area contributed by atoms with Crippen LogP contribution in [0.25, 0.3) is 0 Å². The third kappa shape index (κ3) is 6.13. The summed E-state index contributed by atoms with van der Waals surface area (Å²) < 4.78 is 27.0. The van der Waals surface area contributed by atoms with Crippen LogP contribution in [-0.4, -0.2) is 34.3 Å². The van der Waals surface area contributed by atoms with Crippen molar-refractivity contribution in [2.24, 2.45) is 15.8 Å². The largest absolute Gasteiger partial charge is 0.733 e. The van der Waals surface area contributed by atoms with Crippen molar-refractivity contribution in [3.63, 3.8) is 0 Å². The van der Waals surface area contributed by atoms with Gasteiger partial charge in [-0.25, -0.2) is 14.2 Å². The molecular weight excluding hydrogens is 449 g/mol. The molecule has 162 valence electrons. The summed E-state index contributed by atoms with van der Waals surface area (Å²) in [7, 11) is 0. The molecule has 0 unspecified atom stereocenters. The van der Waals surface area contributed by atoms with Gasteiger partial charge in [-0.05, 0) is 30.2 Å². The van der Waals surface area contributed by atoms with Crippen LogP contribution in [0.15, 0.2) is 34.4 Å². The van der Waals surface area contributed by atoms with Crippen molar-refractivity contribution in [3.8, 4) is 0 Å². The normalized spacial score (nSPS) is 11.8. The number of hydrazone groups is 1. The minimum atomic E-state index is -1.22. The quantitative estimate of drug-likeness (QED) is 0.238. The smallest absolute Gasteiger partial charge is 0.209 e. The lowest BCUT2D eigenvalue weighted by molar-refractivity contribution is 0.0291. The SMILES string of the molecule is NC(=NCCc1cc(F)cc(F)c1N([O-])O)NN=Cc1cc(Cl)cc(Cl)c1N(O)O. The van der Waals surface area contributed by atoms with E-state index in [1.54, 1.807) is 0 Å². The number of rotatable bonds is 7. The summed E-state index contributed by atoms with van der Waals surface area (Å²) in [6.45, 7) is -0.104. The molecule has 0 aliphatic heterocycles. The van der Waals surface area contributed by atoms with Crippen LogP contribution >= 0.6 is 23.2 Å². The summed E-state index contributed by atoms with van der Waals surface area (Å²) in [4.78, 5) is 3.86. The van der Waals surface area contributed by atoms with Gasteiger partial charge < -0.3 is 16.2 Å². The molecule has 0 saturated carbocycles. The molecule has 0 bridgehead atoms. The van der Waals surface area contributed by atoms with Gasteiger partial charge in [-0.2, -0.15) is 5.10 Å². The molecule has 2 aromatic carbocycles. The van der Waals surface area contributed by atoms with E-state index in [1.165, 1.54) is 12.1 Å². The minimum Gasteiger partial charge on any atom is -0.733 e. The first-order valence-corrected chi connectivity index (χ1v) is 8.75. The van der Waals surface area contributed by atoms with Gasteiger partial charge in [0.1, 0.15) is 11.5 Å². The third-order valence-electron chi connectivity index (χ3n) is 3.60. The highest BCUT2D eigenvalue weighted by molar-refractivity contribution is 6.37. The number of nitrogens with one attached hydrogen (secondary N) is 1. The summed E-state index contributed by atoms with van der Waals surface area (Å²) in [5.41, 5.74) is 7.06. The number of nitrogens with zero attached hydrogens (tertiary/aromatic N) is 4. The zero-order chi connectivity index (χ0) is 22.4. The van der Waals surface area contributed by atoms with Gasteiger partial charge in [-0.15, -0.1) is 5.23 Å². The summed E-state index contributed by atoms with van der Waals surface area (Å²) in [5, 5.41) is 41.5. The molecule has 6 N–H and O–H groups in total. The number of hydrogen-bond donors (Lipinski definition) is 5. The fourth-order valence-electron chi connectivity index (χ4n) is 2.42. The molecule has 0 aromatic heterocycles. The molecule has 0 fully saturated rings. The maximum Gasteiger partial charge on any atom is 0.209 e. The van der Waals surface area contributed by atoms with E-state index in [0.717, 1.165) is 12.3 Å². The average Bonchev–Trinajstić information content (AvgIpc) is 2.59. The highest BCUT2D eigenvalue weighted by Crippen LogP contribution is 2.31. The molecule has 0 spiro atoms. The zero-order valence-electron chi connectivity index (χ0n) is 14.9. The van der Waals surface area contributed by atoms with E-state index < -0.39 is 22.5 Å². The van der Waals surface area contributed by atoms with Crippen LogP contribution in [0.2, 0.25) is 10.0 Å². The fourth-order valence-corrected chi connectivity index (χ4v) is 3.00. The van der Waals surface area contributed by atoms with Crippen LogP contribution < -0.4 is 21.6 Å². The predicted octanol–water partition coefficient (Wildman–Crippen LogP) is 3.03. The van der Waals surface area contributed by atoms with E-state index in [9.17, 15) is 24.4 Å². The Hall–Kier alpha value is -2.74. The Labute approximate surface area is 178 Å². The van der Waals surface area contributed by atoms with Crippen molar-refractivity contribution in [1.82, 2.24) is 5.43 Å². The maximum absolute atomic E-state index is 13.6. The summed E-state index contributed by atoms with van der Waals surface area (Å²) in [5.74, 6) is -2.35. The lowest BCUT2D eigenvalue weighted by Crippen LogP contribution is -2.28. The number of hydrogen-bond acceptors (Lipinski definition) is 8. The van der Waals surface area contributed by atoms with Gasteiger partial charge >= 0.3 is 0 Å². The number of aliphatic imine (C=N–C) groups is 1. The first-order valence-electron chi connectivity index (χ1n) is 8.00. The Morgan fingerprint density at radius 1 is 1.17 bits per heavy atom. The van der Waals surface area contributed by atoms with Crippen LogP contribution in [0.4, 0.5) is 20.2 Å². The third-order valence-corrected chi connectivity index (χ3v) is 4.11. The molecule has 30 heavy (non-hydrogen) atoms. The second kappa shape index (κ2) is 10.3. The Morgan fingerprint density at radius 3 is 2.50 bits per heavy atom. The Kier molecular flexibility index (Phi) is 8.11. The van der Waals surface area contributed by atoms with E-state index in [-0.39, 0.29) is 51.0 Å². The number of halogens is 4. The second-order valence-corrected chi connectivity index (χ2v) is 6.51. The van der Waals surface area contributed by atoms with Crippen LogP contribution in [-0.2, 0) is 6.42 Å². The van der Waals surface area contributed by atoms with Gasteiger partial charge in [0.15, 0.2) is 5.82 Å². The van der Waals surface area contributed by atoms with Crippen molar-refractivity contribution < 1.29 is 24.4 Å². The molecule has 0 aliphatic rings. The molecule has 10 nitrogen and oxygen atoms in total. The molecule has 0 saturated heterocycles. The van der Waals surface area contributed by atoms with E-state index in [4.69, 9.17) is 34.1 Å². The Morgan fingerprint density at radius 2 is 1.87 bits per heavy atom. The number of benzene rings is 2. The van der Waals surface area contributed by atoms with Crippen molar-refractivity contribution in [2.45, 2.75) is 6.42 Å². The van der Waals surface area contributed by atoms with Gasteiger partial charge in [0.05, 0.1) is 16.9 Å². The van der Waals surface area contributed by atoms with Gasteiger partial charge in [-0.1, -0.05) is 23.2 Å². The summed E-state index contributed by atoms with van der Waals surface area (Å²) in [6, 6.07) is 3.99. The van der Waals surface area contributed by atoms with Crippen molar-refractivity contribution in [2.75, 3.05) is 17.0 Å². The Bertz CT molecular complexity index is 975. The molecule has 2 rings (SSSR count). The van der Waals surface area contributed by atoms with Crippen molar-refractivity contribution in [3.05, 3.63) is 62.3 Å². The fraction of sp³-hybridized carbons (Fsp3) is 0.125. The summed E-state index contributed by atoms with van der Waals surface area (Å²) >= 11 is 11.7. The zero-order valence-corrected chi connectivity index (χ0v) is 16.4. The standard InChI is InChI=1S/C16H15Cl2F2N6O4/c17-10-3-9(14(25(27)28)12(18)5-10)7-23-24-16(21)22-2-1-8-4-11(19)6-13(20)15(8)26(29)30/h3-7,27-29H,1-2H2,(H3,21,22,24)/q-1. The number of anilines is 2. The predicted molar refractivity (Wildman–Crippen MR) is 107 cm³/mol. The van der Waals surface area contributed by atoms with Gasteiger partial charge in [0.2, 0.25) is 5.96 Å². The molecule has 2 aromatic rings. The van der Waals surface area contributed by atoms with E-state index in [0.29, 0.717) is 6.07 Å². The summed E-state index contributed by atoms with van der Waals surface area (Å²) in [6.07, 6.45) is 1.02. The molecule has 0 amide bonds. The van der Waals surface area contributed by atoms with Gasteiger partial charge in [0.25, 0.3) is 0 Å². The molecular formula is C16H15Cl2F2N6O4-. The number of nitrogens with two attached hydrogens (primary N) is 1.